The van der Waals surface area contributed by atoms with Crippen LogP contribution in [0.5, 0.6) is 5.75 Å². The monoisotopic (exact) mass is 402 g/mol. The van der Waals surface area contributed by atoms with Gasteiger partial charge in [-0.3, -0.25) is 4.79 Å². The molecule has 0 radical (unpaired) electrons. The van der Waals surface area contributed by atoms with Gasteiger partial charge in [-0.15, -0.1) is 0 Å². The Kier molecular flexibility index (Phi) is 5.31. The van der Waals surface area contributed by atoms with Crippen molar-refractivity contribution in [2.75, 3.05) is 23.5 Å². The first-order valence-corrected chi connectivity index (χ1v) is 11.0. The minimum atomic E-state index is -3.09. The molecule has 136 valence electrons. The van der Waals surface area contributed by atoms with Gasteiger partial charge in [-0.05, 0) is 24.6 Å². The number of sulfone groups is 1. The van der Waals surface area contributed by atoms with Gasteiger partial charge in [-0.2, -0.15) is 4.99 Å². The summed E-state index contributed by atoms with van der Waals surface area (Å²) in [6, 6.07) is 5.00. The van der Waals surface area contributed by atoms with Crippen LogP contribution in [0.1, 0.15) is 19.8 Å². The highest BCUT2D eigenvalue weighted by molar-refractivity contribution is 8.16. The Balaban J connectivity index is 2.00. The van der Waals surface area contributed by atoms with Gasteiger partial charge in [-0.25, -0.2) is 8.42 Å². The molecule has 9 heteroatoms. The molecule has 2 heterocycles. The topological polar surface area (TPSA) is 76.0 Å². The fraction of sp³-hybridized carbons (Fsp3) is 0.500. The van der Waals surface area contributed by atoms with Crippen molar-refractivity contribution in [3.05, 3.63) is 23.2 Å². The number of carbonyl (C=O) groups is 1. The van der Waals surface area contributed by atoms with E-state index in [0.717, 1.165) is 6.42 Å². The van der Waals surface area contributed by atoms with Gasteiger partial charge in [0.25, 0.3) is 0 Å². The maximum absolute atomic E-state index is 12.0. The van der Waals surface area contributed by atoms with Crippen LogP contribution in [0.15, 0.2) is 23.2 Å². The Morgan fingerprint density at radius 3 is 2.84 bits per heavy atom. The number of hydrogen-bond acceptors (Lipinski definition) is 5. The number of hydrogen-bond donors (Lipinski definition) is 0. The first kappa shape index (κ1) is 18.5. The standard InChI is InChI=1S/C16H19ClN2O4S2/c1-3-4-15(20)18-16-19(10-5-6-13(23-2)11(17)7-10)12-8-25(21,22)9-14(12)24-16/h5-7,12,14H,3-4,8-9H2,1-2H3/t12-,14+/m1/s1. The molecule has 2 atom stereocenters. The third-order valence-electron chi connectivity index (χ3n) is 4.16. The fourth-order valence-corrected chi connectivity index (χ4v) is 7.23. The van der Waals surface area contributed by atoms with Gasteiger partial charge in [0.2, 0.25) is 5.91 Å². The van der Waals surface area contributed by atoms with E-state index in [4.69, 9.17) is 16.3 Å². The second-order valence-electron chi connectivity index (χ2n) is 6.03. The second-order valence-corrected chi connectivity index (χ2v) is 9.79. The molecule has 0 aromatic heterocycles. The lowest BCUT2D eigenvalue weighted by atomic mass is 10.2. The van der Waals surface area contributed by atoms with Crippen molar-refractivity contribution in [2.24, 2.45) is 4.99 Å². The molecule has 0 bridgehead atoms. The van der Waals surface area contributed by atoms with Gasteiger partial charge in [0.05, 0.1) is 29.7 Å². The number of carbonyl (C=O) groups excluding carboxylic acids is 1. The van der Waals surface area contributed by atoms with Crippen LogP contribution in [0.4, 0.5) is 5.69 Å². The van der Waals surface area contributed by atoms with Gasteiger partial charge in [0.15, 0.2) is 15.0 Å². The van der Waals surface area contributed by atoms with Crippen LogP contribution in [-0.2, 0) is 14.6 Å². The molecular weight excluding hydrogens is 384 g/mol. The molecule has 2 aliphatic heterocycles. The van der Waals surface area contributed by atoms with Crippen molar-refractivity contribution in [1.29, 1.82) is 0 Å². The molecular formula is C16H19ClN2O4S2. The molecule has 0 N–H and O–H groups in total. The van der Waals surface area contributed by atoms with Crippen molar-refractivity contribution in [1.82, 2.24) is 0 Å². The minimum absolute atomic E-state index is 0.0509. The Morgan fingerprint density at radius 1 is 1.44 bits per heavy atom. The molecule has 25 heavy (non-hydrogen) atoms. The van der Waals surface area contributed by atoms with E-state index in [1.54, 1.807) is 18.2 Å². The molecule has 2 saturated heterocycles. The molecule has 0 saturated carbocycles. The number of benzene rings is 1. The van der Waals surface area contributed by atoms with Gasteiger partial charge in [-0.1, -0.05) is 30.3 Å². The predicted octanol–water partition coefficient (Wildman–Crippen LogP) is 2.75. The largest absolute Gasteiger partial charge is 0.495 e. The Morgan fingerprint density at radius 2 is 2.20 bits per heavy atom. The van der Waals surface area contributed by atoms with Crippen molar-refractivity contribution >= 4 is 50.0 Å². The predicted molar refractivity (Wildman–Crippen MR) is 102 cm³/mol. The molecule has 3 rings (SSSR count). The average Bonchev–Trinajstić information content (AvgIpc) is 2.98. The molecule has 0 spiro atoms. The van der Waals surface area contributed by atoms with E-state index in [-0.39, 0.29) is 28.7 Å². The summed E-state index contributed by atoms with van der Waals surface area (Å²) in [5, 5.41) is 0.845. The van der Waals surface area contributed by atoms with Crippen LogP contribution >= 0.6 is 23.4 Å². The number of amidine groups is 1. The number of amides is 1. The van der Waals surface area contributed by atoms with Gasteiger partial charge < -0.3 is 9.64 Å². The van der Waals surface area contributed by atoms with E-state index in [0.29, 0.717) is 28.0 Å². The zero-order valence-electron chi connectivity index (χ0n) is 13.9. The van der Waals surface area contributed by atoms with E-state index in [1.807, 2.05) is 11.8 Å². The zero-order valence-corrected chi connectivity index (χ0v) is 16.3. The van der Waals surface area contributed by atoms with Crippen molar-refractivity contribution in [2.45, 2.75) is 31.1 Å². The van der Waals surface area contributed by atoms with Crippen LogP contribution in [-0.4, -0.2) is 49.4 Å². The van der Waals surface area contributed by atoms with Crippen LogP contribution in [0, 0.1) is 0 Å². The highest BCUT2D eigenvalue weighted by atomic mass is 35.5. The number of rotatable bonds is 4. The summed E-state index contributed by atoms with van der Waals surface area (Å²) >= 11 is 7.58. The van der Waals surface area contributed by atoms with Crippen molar-refractivity contribution < 1.29 is 17.9 Å². The highest BCUT2D eigenvalue weighted by Crippen LogP contribution is 2.42. The normalized spacial score (nSPS) is 26.0. The van der Waals surface area contributed by atoms with E-state index >= 15 is 0 Å². The third kappa shape index (κ3) is 3.80. The first-order valence-electron chi connectivity index (χ1n) is 7.96. The molecule has 1 amide bonds. The summed E-state index contributed by atoms with van der Waals surface area (Å²) in [5.41, 5.74) is 0.714. The Bertz CT molecular complexity index is 825. The summed E-state index contributed by atoms with van der Waals surface area (Å²) in [7, 11) is -1.56. The van der Waals surface area contributed by atoms with E-state index in [9.17, 15) is 13.2 Å². The fourth-order valence-electron chi connectivity index (χ4n) is 3.05. The van der Waals surface area contributed by atoms with Crippen LogP contribution in [0.3, 0.4) is 0 Å². The zero-order chi connectivity index (χ0) is 18.2. The molecule has 2 fully saturated rings. The number of nitrogens with zero attached hydrogens (tertiary/aromatic N) is 2. The second kappa shape index (κ2) is 7.17. The van der Waals surface area contributed by atoms with E-state index in [2.05, 4.69) is 4.99 Å². The molecule has 6 nitrogen and oxygen atoms in total. The summed E-state index contributed by atoms with van der Waals surface area (Å²) in [6.07, 6.45) is 1.09. The molecule has 2 aliphatic rings. The summed E-state index contributed by atoms with van der Waals surface area (Å²) < 4.78 is 29.2. The van der Waals surface area contributed by atoms with Crippen molar-refractivity contribution in [3.8, 4) is 5.75 Å². The van der Waals surface area contributed by atoms with Gasteiger partial charge >= 0.3 is 0 Å². The van der Waals surface area contributed by atoms with Crippen LogP contribution < -0.4 is 9.64 Å². The highest BCUT2D eigenvalue weighted by Gasteiger charge is 2.49. The van der Waals surface area contributed by atoms with Crippen LogP contribution in [0.25, 0.3) is 0 Å². The quantitative estimate of drug-likeness (QED) is 0.770. The molecule has 1 aromatic carbocycles. The lowest BCUT2D eigenvalue weighted by Crippen LogP contribution is -2.37. The smallest absolute Gasteiger partial charge is 0.248 e. The molecule has 0 unspecified atom stereocenters. The number of ether oxygens (including phenoxy) is 1. The summed E-state index contributed by atoms with van der Waals surface area (Å²) in [6.45, 7) is 1.92. The Hall–Kier alpha value is -1.25. The Labute approximate surface area is 156 Å². The number of thioether (sulfide) groups is 1. The maximum Gasteiger partial charge on any atom is 0.248 e. The lowest BCUT2D eigenvalue weighted by Gasteiger charge is -2.25. The average molecular weight is 403 g/mol. The molecule has 1 aromatic rings. The SMILES string of the molecule is CCCC(=O)N=C1S[C@H]2CS(=O)(=O)C[C@H]2N1c1ccc(OC)c(Cl)c1. The first-order chi connectivity index (χ1) is 11.8. The summed E-state index contributed by atoms with van der Waals surface area (Å²) in [4.78, 5) is 18.1. The van der Waals surface area contributed by atoms with E-state index < -0.39 is 9.84 Å². The molecule has 0 aliphatic carbocycles. The van der Waals surface area contributed by atoms with Crippen molar-refractivity contribution in [3.63, 3.8) is 0 Å². The number of fused-ring (bicyclic) bond motifs is 1. The maximum atomic E-state index is 12.0. The minimum Gasteiger partial charge on any atom is -0.495 e. The number of anilines is 1. The number of aliphatic imine (C=N–C) groups is 1. The van der Waals surface area contributed by atoms with E-state index in [1.165, 1.54) is 18.9 Å². The van der Waals surface area contributed by atoms with Gasteiger partial charge in [0, 0.05) is 17.4 Å². The van der Waals surface area contributed by atoms with Gasteiger partial charge in [0.1, 0.15) is 5.75 Å². The lowest BCUT2D eigenvalue weighted by molar-refractivity contribution is -0.117. The van der Waals surface area contributed by atoms with Crippen LogP contribution in [0.2, 0.25) is 5.02 Å². The third-order valence-corrected chi connectivity index (χ3v) is 7.67. The number of methoxy groups -OCH3 is 1. The number of halogens is 1. The summed E-state index contributed by atoms with van der Waals surface area (Å²) in [5.74, 6) is 0.491.